The smallest absolute Gasteiger partial charge is 0.269 e. The molecule has 2 N–H and O–H groups in total. The van der Waals surface area contributed by atoms with Crippen LogP contribution in [-0.2, 0) is 0 Å². The van der Waals surface area contributed by atoms with Crippen LogP contribution in [0.25, 0.3) is 33.8 Å². The number of benzene rings is 2. The zero-order valence-electron chi connectivity index (χ0n) is 20.4. The third-order valence-corrected chi connectivity index (χ3v) is 6.58. The maximum atomic E-state index is 11.5. The molecule has 37 heavy (non-hydrogen) atoms. The Morgan fingerprint density at radius 1 is 0.838 bits per heavy atom. The van der Waals surface area contributed by atoms with Crippen molar-refractivity contribution >= 4 is 17.3 Å². The molecule has 0 aliphatic carbocycles. The number of likely N-dealkylation sites (N-methyl/N-ethyl adjacent to an activating group) is 1. The van der Waals surface area contributed by atoms with Crippen molar-refractivity contribution in [1.82, 2.24) is 14.9 Å². The summed E-state index contributed by atoms with van der Waals surface area (Å²) in [5.74, 6) is -0.488. The molecule has 1 amide bonds. The van der Waals surface area contributed by atoms with Crippen LogP contribution in [0, 0.1) is 10.1 Å². The summed E-state index contributed by atoms with van der Waals surface area (Å²) in [6, 6.07) is 21.3. The minimum Gasteiger partial charge on any atom is -0.368 e. The van der Waals surface area contributed by atoms with Gasteiger partial charge in [0.1, 0.15) is 0 Å². The van der Waals surface area contributed by atoms with Gasteiger partial charge in [-0.25, -0.2) is 4.98 Å². The number of nitrogens with two attached hydrogens (primary N) is 1. The van der Waals surface area contributed by atoms with E-state index in [0.29, 0.717) is 17.0 Å². The largest absolute Gasteiger partial charge is 0.368 e. The number of anilines is 1. The van der Waals surface area contributed by atoms with Crippen molar-refractivity contribution < 1.29 is 9.72 Å². The molecule has 1 saturated heterocycles. The highest BCUT2D eigenvalue weighted by molar-refractivity contribution is 5.93. The van der Waals surface area contributed by atoms with E-state index >= 15 is 0 Å². The molecule has 4 aromatic rings. The highest BCUT2D eigenvalue weighted by atomic mass is 16.6. The minimum atomic E-state index is -0.488. The van der Waals surface area contributed by atoms with Gasteiger partial charge in [0.05, 0.1) is 33.9 Å². The van der Waals surface area contributed by atoms with E-state index in [1.165, 1.54) is 12.1 Å². The van der Waals surface area contributed by atoms with Gasteiger partial charge in [-0.2, -0.15) is 0 Å². The lowest BCUT2D eigenvalue weighted by Gasteiger charge is -2.33. The Kier molecular flexibility index (Phi) is 6.61. The number of nitro groups is 1. The lowest BCUT2D eigenvalue weighted by molar-refractivity contribution is -0.384. The minimum absolute atomic E-state index is 0.0170. The molecule has 2 aromatic carbocycles. The van der Waals surface area contributed by atoms with Crippen LogP contribution < -0.4 is 10.6 Å². The lowest BCUT2D eigenvalue weighted by Crippen LogP contribution is -2.44. The van der Waals surface area contributed by atoms with Crippen LogP contribution in [0.4, 0.5) is 11.4 Å². The number of piperazine rings is 1. The predicted molar refractivity (Wildman–Crippen MR) is 143 cm³/mol. The predicted octanol–water partition coefficient (Wildman–Crippen LogP) is 4.24. The molecule has 0 saturated carbocycles. The van der Waals surface area contributed by atoms with E-state index in [0.717, 1.165) is 54.3 Å². The van der Waals surface area contributed by atoms with Gasteiger partial charge in [-0.1, -0.05) is 12.1 Å². The molecule has 0 atom stereocenters. The molecule has 1 aliphatic rings. The van der Waals surface area contributed by atoms with Crippen molar-refractivity contribution in [2.75, 3.05) is 38.1 Å². The van der Waals surface area contributed by atoms with Gasteiger partial charge < -0.3 is 15.5 Å². The fraction of sp³-hybridized carbons (Fsp3) is 0.179. The van der Waals surface area contributed by atoms with Gasteiger partial charge in [0, 0.05) is 49.4 Å². The molecule has 0 bridgehead atoms. The zero-order chi connectivity index (χ0) is 25.9. The number of aromatic nitrogens is 2. The van der Waals surface area contributed by atoms with Gasteiger partial charge in [-0.3, -0.25) is 19.9 Å². The maximum absolute atomic E-state index is 11.5. The Labute approximate surface area is 214 Å². The number of amides is 1. The van der Waals surface area contributed by atoms with Gasteiger partial charge in [0.25, 0.3) is 5.69 Å². The summed E-state index contributed by atoms with van der Waals surface area (Å²) in [5.41, 5.74) is 11.5. The number of nitrogens with zero attached hydrogens (tertiary/aromatic N) is 5. The second-order valence-electron chi connectivity index (χ2n) is 9.06. The van der Waals surface area contributed by atoms with Crippen molar-refractivity contribution in [3.05, 3.63) is 94.7 Å². The summed E-state index contributed by atoms with van der Waals surface area (Å²) < 4.78 is 0. The van der Waals surface area contributed by atoms with E-state index < -0.39 is 10.8 Å². The Balaban J connectivity index is 1.53. The number of hydrogen-bond acceptors (Lipinski definition) is 7. The van der Waals surface area contributed by atoms with Crippen LogP contribution in [0.15, 0.2) is 79.0 Å². The molecule has 1 fully saturated rings. The second-order valence-corrected chi connectivity index (χ2v) is 9.06. The highest BCUT2D eigenvalue weighted by Gasteiger charge is 2.16. The molecule has 2 aromatic heterocycles. The van der Waals surface area contributed by atoms with E-state index in [1.54, 1.807) is 24.3 Å². The van der Waals surface area contributed by atoms with Crippen LogP contribution in [-0.4, -0.2) is 58.9 Å². The molecular weight excluding hydrogens is 468 g/mol. The molecule has 3 heterocycles. The summed E-state index contributed by atoms with van der Waals surface area (Å²) in [6.07, 6.45) is 1.88. The molecule has 1 aliphatic heterocycles. The summed E-state index contributed by atoms with van der Waals surface area (Å²) in [5, 5.41) is 11.1. The molecule has 0 unspecified atom stereocenters. The van der Waals surface area contributed by atoms with E-state index in [4.69, 9.17) is 15.7 Å². The topological polar surface area (TPSA) is 118 Å². The molecule has 9 heteroatoms. The van der Waals surface area contributed by atoms with Crippen molar-refractivity contribution in [1.29, 1.82) is 0 Å². The molecule has 186 valence electrons. The number of nitro benzene ring substituents is 1. The molecule has 0 spiro atoms. The molecular formula is C28H26N6O3. The van der Waals surface area contributed by atoms with Crippen molar-refractivity contribution in [2.24, 2.45) is 5.73 Å². The Hall–Kier alpha value is -4.63. The number of primary amides is 1. The van der Waals surface area contributed by atoms with E-state index in [9.17, 15) is 14.9 Å². The number of rotatable bonds is 6. The highest BCUT2D eigenvalue weighted by Crippen LogP contribution is 2.31. The fourth-order valence-electron chi connectivity index (χ4n) is 4.35. The van der Waals surface area contributed by atoms with Gasteiger partial charge >= 0.3 is 0 Å². The van der Waals surface area contributed by atoms with Crippen molar-refractivity contribution in [2.45, 2.75) is 0 Å². The average molecular weight is 495 g/mol. The monoisotopic (exact) mass is 494 g/mol. The quantitative estimate of drug-likeness (QED) is 0.315. The van der Waals surface area contributed by atoms with Crippen LogP contribution in [0.1, 0.15) is 10.4 Å². The summed E-state index contributed by atoms with van der Waals surface area (Å²) in [7, 11) is 2.13. The number of pyridine rings is 2. The number of hydrogen-bond donors (Lipinski definition) is 1. The van der Waals surface area contributed by atoms with Gasteiger partial charge in [0.15, 0.2) is 0 Å². The van der Waals surface area contributed by atoms with Gasteiger partial charge in [0.2, 0.25) is 5.91 Å². The standard InChI is InChI=1S/C28H26N6O3/c1-32-12-14-33(15-13-32)24-10-11-25(30-18-24)27-17-22(19-2-4-21(5-3-19)28(29)35)16-26(31-27)20-6-8-23(9-7-20)34(36)37/h2-11,16-18H,12-15H2,1H3,(H2,29,35). The van der Waals surface area contributed by atoms with Gasteiger partial charge in [-0.05, 0) is 66.7 Å². The fourth-order valence-corrected chi connectivity index (χ4v) is 4.35. The van der Waals surface area contributed by atoms with E-state index in [2.05, 4.69) is 22.9 Å². The Bertz CT molecular complexity index is 1350. The van der Waals surface area contributed by atoms with Crippen LogP contribution in [0.2, 0.25) is 0 Å². The molecule has 0 radical (unpaired) electrons. The van der Waals surface area contributed by atoms with Crippen LogP contribution in [0.5, 0.6) is 0 Å². The van der Waals surface area contributed by atoms with E-state index in [1.807, 2.05) is 36.5 Å². The molecule has 5 rings (SSSR count). The summed E-state index contributed by atoms with van der Waals surface area (Å²) in [4.78, 5) is 36.4. The first kappa shape index (κ1) is 24.1. The van der Waals surface area contributed by atoms with Crippen molar-refractivity contribution in [3.63, 3.8) is 0 Å². The first-order valence-electron chi connectivity index (χ1n) is 11.9. The lowest BCUT2D eigenvalue weighted by atomic mass is 10.00. The number of carbonyl (C=O) groups is 1. The number of carbonyl (C=O) groups excluding carboxylic acids is 1. The first-order valence-corrected chi connectivity index (χ1v) is 11.9. The Morgan fingerprint density at radius 3 is 2.08 bits per heavy atom. The van der Waals surface area contributed by atoms with Crippen LogP contribution in [0.3, 0.4) is 0 Å². The average Bonchev–Trinajstić information content (AvgIpc) is 2.93. The summed E-state index contributed by atoms with van der Waals surface area (Å²) in [6.45, 7) is 3.94. The van der Waals surface area contributed by atoms with Gasteiger partial charge in [-0.15, -0.1) is 0 Å². The third-order valence-electron chi connectivity index (χ3n) is 6.58. The zero-order valence-corrected chi connectivity index (χ0v) is 20.4. The molecule has 9 nitrogen and oxygen atoms in total. The first-order chi connectivity index (χ1) is 17.9. The maximum Gasteiger partial charge on any atom is 0.269 e. The normalized spacial score (nSPS) is 13.9. The van der Waals surface area contributed by atoms with Crippen LogP contribution >= 0.6 is 0 Å². The SMILES string of the molecule is CN1CCN(c2ccc(-c3cc(-c4ccc(C(N)=O)cc4)cc(-c4ccc([N+](=O)[O-])cc4)n3)nc2)CC1. The third kappa shape index (κ3) is 5.31. The second kappa shape index (κ2) is 10.2. The Morgan fingerprint density at radius 2 is 1.49 bits per heavy atom. The number of non-ortho nitro benzene ring substituents is 1. The summed E-state index contributed by atoms with van der Waals surface area (Å²) >= 11 is 0. The van der Waals surface area contributed by atoms with E-state index in [-0.39, 0.29) is 5.69 Å². The van der Waals surface area contributed by atoms with Crippen molar-refractivity contribution in [3.8, 4) is 33.8 Å².